The van der Waals surface area contributed by atoms with Crippen LogP contribution in [-0.4, -0.2) is 4.57 Å². The first-order valence-electron chi connectivity index (χ1n) is 4.28. The fraction of sp³-hybridized carbons (Fsp3) is 0.455. The van der Waals surface area contributed by atoms with Crippen molar-refractivity contribution in [1.82, 2.24) is 4.57 Å². The van der Waals surface area contributed by atoms with Gasteiger partial charge in [0.25, 0.3) is 0 Å². The molecule has 64 valence electrons. The first kappa shape index (κ1) is 8.93. The molecule has 1 heterocycles. The predicted octanol–water partition coefficient (Wildman–Crippen LogP) is 2.52. The summed E-state index contributed by atoms with van der Waals surface area (Å²) >= 11 is 0. The van der Waals surface area contributed by atoms with Gasteiger partial charge in [-0.05, 0) is 32.9 Å². The van der Waals surface area contributed by atoms with Gasteiger partial charge in [0.15, 0.2) is 0 Å². The minimum atomic E-state index is 0.951. The molecule has 0 saturated heterocycles. The third-order valence-electron chi connectivity index (χ3n) is 2.05. The number of nitrogens with zero attached hydrogens (tertiary/aromatic N) is 1. The van der Waals surface area contributed by atoms with E-state index in [0.29, 0.717) is 0 Å². The molecule has 0 radical (unpaired) electrons. The molecule has 0 spiro atoms. The number of hydrogen-bond donors (Lipinski definition) is 0. The van der Waals surface area contributed by atoms with Crippen LogP contribution in [0.15, 0.2) is 12.1 Å². The molecule has 0 saturated carbocycles. The predicted molar refractivity (Wildman–Crippen MR) is 52.0 cm³/mol. The van der Waals surface area contributed by atoms with Gasteiger partial charge < -0.3 is 4.57 Å². The highest BCUT2D eigenvalue weighted by Crippen LogP contribution is 2.07. The van der Waals surface area contributed by atoms with Crippen molar-refractivity contribution in [2.75, 3.05) is 0 Å². The normalized spacial score (nSPS) is 9.25. The zero-order valence-corrected chi connectivity index (χ0v) is 8.02. The Kier molecular flexibility index (Phi) is 2.99. The standard InChI is InChI=1S/C11H15N/c1-4-5-6-9-12-10(2)7-8-11(12)3/h7-8H,6,9H2,1-3H3. The Morgan fingerprint density at radius 1 is 1.25 bits per heavy atom. The van der Waals surface area contributed by atoms with E-state index in [1.807, 2.05) is 6.92 Å². The fourth-order valence-corrected chi connectivity index (χ4v) is 1.34. The van der Waals surface area contributed by atoms with E-state index in [1.54, 1.807) is 0 Å². The van der Waals surface area contributed by atoms with Gasteiger partial charge in [0, 0.05) is 24.4 Å². The molecular formula is C11H15N. The smallest absolute Gasteiger partial charge is 0.0334 e. The second-order valence-electron chi connectivity index (χ2n) is 2.94. The van der Waals surface area contributed by atoms with Gasteiger partial charge in [0.2, 0.25) is 0 Å². The molecule has 0 N–H and O–H groups in total. The van der Waals surface area contributed by atoms with E-state index in [9.17, 15) is 0 Å². The maximum absolute atomic E-state index is 3.07. The summed E-state index contributed by atoms with van der Waals surface area (Å²) in [5, 5.41) is 0. The summed E-state index contributed by atoms with van der Waals surface area (Å²) in [6.07, 6.45) is 0.951. The topological polar surface area (TPSA) is 4.93 Å². The van der Waals surface area contributed by atoms with Gasteiger partial charge in [-0.25, -0.2) is 0 Å². The van der Waals surface area contributed by atoms with Crippen molar-refractivity contribution in [2.45, 2.75) is 33.7 Å². The number of hydrogen-bond acceptors (Lipinski definition) is 0. The molecule has 1 rings (SSSR count). The Morgan fingerprint density at radius 2 is 1.83 bits per heavy atom. The van der Waals surface area contributed by atoms with Crippen molar-refractivity contribution in [3.05, 3.63) is 23.5 Å². The van der Waals surface area contributed by atoms with Crippen LogP contribution < -0.4 is 0 Å². The minimum Gasteiger partial charge on any atom is -0.348 e. The van der Waals surface area contributed by atoms with Crippen LogP contribution in [0.1, 0.15) is 24.7 Å². The van der Waals surface area contributed by atoms with Gasteiger partial charge in [-0.2, -0.15) is 0 Å². The first-order chi connectivity index (χ1) is 5.75. The molecule has 1 aromatic rings. The van der Waals surface area contributed by atoms with Crippen molar-refractivity contribution in [2.24, 2.45) is 0 Å². The summed E-state index contributed by atoms with van der Waals surface area (Å²) in [6, 6.07) is 4.30. The second kappa shape index (κ2) is 4.01. The molecule has 0 bridgehead atoms. The Morgan fingerprint density at radius 3 is 2.33 bits per heavy atom. The number of rotatable bonds is 2. The maximum Gasteiger partial charge on any atom is 0.0334 e. The van der Waals surface area contributed by atoms with E-state index < -0.39 is 0 Å². The minimum absolute atomic E-state index is 0.951. The lowest BCUT2D eigenvalue weighted by molar-refractivity contribution is 0.682. The largest absolute Gasteiger partial charge is 0.348 e. The molecule has 0 amide bonds. The molecule has 0 aliphatic rings. The van der Waals surface area contributed by atoms with Crippen LogP contribution in [0.2, 0.25) is 0 Å². The van der Waals surface area contributed by atoms with Crippen LogP contribution in [0.4, 0.5) is 0 Å². The van der Waals surface area contributed by atoms with E-state index in [1.165, 1.54) is 11.4 Å². The Labute approximate surface area is 74.4 Å². The van der Waals surface area contributed by atoms with Gasteiger partial charge in [-0.3, -0.25) is 0 Å². The monoisotopic (exact) mass is 161 g/mol. The average Bonchev–Trinajstić information content (AvgIpc) is 2.35. The van der Waals surface area contributed by atoms with Crippen molar-refractivity contribution in [1.29, 1.82) is 0 Å². The molecule has 1 nitrogen and oxygen atoms in total. The summed E-state index contributed by atoms with van der Waals surface area (Å²) in [5.74, 6) is 5.98. The molecule has 1 heteroatoms. The van der Waals surface area contributed by atoms with E-state index in [0.717, 1.165) is 13.0 Å². The third kappa shape index (κ3) is 1.92. The van der Waals surface area contributed by atoms with E-state index in [4.69, 9.17) is 0 Å². The fourth-order valence-electron chi connectivity index (χ4n) is 1.34. The summed E-state index contributed by atoms with van der Waals surface area (Å²) in [7, 11) is 0. The second-order valence-corrected chi connectivity index (χ2v) is 2.94. The van der Waals surface area contributed by atoms with Crippen LogP contribution in [0.3, 0.4) is 0 Å². The Balaban J connectivity index is 2.65. The van der Waals surface area contributed by atoms with Crippen LogP contribution in [-0.2, 0) is 6.54 Å². The maximum atomic E-state index is 3.07. The summed E-state index contributed by atoms with van der Waals surface area (Å²) in [5.41, 5.74) is 2.65. The third-order valence-corrected chi connectivity index (χ3v) is 2.05. The van der Waals surface area contributed by atoms with Gasteiger partial charge >= 0.3 is 0 Å². The molecule has 0 aliphatic heterocycles. The Bertz CT molecular complexity index is 290. The lowest BCUT2D eigenvalue weighted by Gasteiger charge is -2.05. The van der Waals surface area contributed by atoms with E-state index in [-0.39, 0.29) is 0 Å². The summed E-state index contributed by atoms with van der Waals surface area (Å²) < 4.78 is 2.30. The number of aryl methyl sites for hydroxylation is 2. The lowest BCUT2D eigenvalue weighted by atomic mass is 10.4. The highest BCUT2D eigenvalue weighted by Gasteiger charge is 1.97. The molecule has 0 unspecified atom stereocenters. The molecule has 0 fully saturated rings. The highest BCUT2D eigenvalue weighted by molar-refractivity contribution is 5.13. The van der Waals surface area contributed by atoms with Crippen molar-refractivity contribution in [3.8, 4) is 11.8 Å². The van der Waals surface area contributed by atoms with E-state index in [2.05, 4.69) is 42.4 Å². The quantitative estimate of drug-likeness (QED) is 0.587. The zero-order chi connectivity index (χ0) is 8.97. The van der Waals surface area contributed by atoms with Gasteiger partial charge in [-0.15, -0.1) is 11.8 Å². The van der Waals surface area contributed by atoms with Crippen LogP contribution in [0, 0.1) is 25.7 Å². The molecule has 12 heavy (non-hydrogen) atoms. The van der Waals surface area contributed by atoms with E-state index >= 15 is 0 Å². The molecule has 1 aromatic heterocycles. The molecule has 0 atom stereocenters. The summed E-state index contributed by atoms with van der Waals surface area (Å²) in [4.78, 5) is 0. The summed E-state index contributed by atoms with van der Waals surface area (Å²) in [6.45, 7) is 7.17. The number of aromatic nitrogens is 1. The van der Waals surface area contributed by atoms with Gasteiger partial charge in [0.1, 0.15) is 0 Å². The SMILES string of the molecule is CC#CCCn1c(C)ccc1C. The molecule has 0 aliphatic carbocycles. The Hall–Kier alpha value is -1.16. The van der Waals surface area contributed by atoms with Crippen molar-refractivity contribution < 1.29 is 0 Å². The van der Waals surface area contributed by atoms with Crippen LogP contribution in [0.25, 0.3) is 0 Å². The zero-order valence-electron chi connectivity index (χ0n) is 8.02. The molecular weight excluding hydrogens is 146 g/mol. The van der Waals surface area contributed by atoms with Gasteiger partial charge in [0.05, 0.1) is 0 Å². The average molecular weight is 161 g/mol. The first-order valence-corrected chi connectivity index (χ1v) is 4.28. The van der Waals surface area contributed by atoms with Crippen LogP contribution in [0.5, 0.6) is 0 Å². The highest BCUT2D eigenvalue weighted by atomic mass is 15.0. The van der Waals surface area contributed by atoms with Gasteiger partial charge in [-0.1, -0.05) is 0 Å². The van der Waals surface area contributed by atoms with Crippen LogP contribution >= 0.6 is 0 Å². The molecule has 0 aromatic carbocycles. The van der Waals surface area contributed by atoms with Crippen molar-refractivity contribution in [3.63, 3.8) is 0 Å². The van der Waals surface area contributed by atoms with Crippen molar-refractivity contribution >= 4 is 0 Å². The lowest BCUT2D eigenvalue weighted by Crippen LogP contribution is -2.00.